The molecule has 31 heavy (non-hydrogen) atoms. The van der Waals surface area contributed by atoms with Gasteiger partial charge in [-0.05, 0) is 48.9 Å². The second-order valence-electron chi connectivity index (χ2n) is 7.40. The molecule has 0 aliphatic carbocycles. The van der Waals surface area contributed by atoms with Gasteiger partial charge in [-0.3, -0.25) is 0 Å². The molecule has 0 radical (unpaired) electrons. The fourth-order valence-electron chi connectivity index (χ4n) is 3.29. The Hall–Kier alpha value is -3.02. The lowest BCUT2D eigenvalue weighted by atomic mass is 9.94. The van der Waals surface area contributed by atoms with Crippen LogP contribution in [0.1, 0.15) is 51.2 Å². The van der Waals surface area contributed by atoms with Gasteiger partial charge in [-0.1, -0.05) is 63.2 Å². The van der Waals surface area contributed by atoms with Crippen molar-refractivity contribution in [3.05, 3.63) is 65.7 Å². The summed E-state index contributed by atoms with van der Waals surface area (Å²) >= 11 is 0. The second kappa shape index (κ2) is 12.0. The van der Waals surface area contributed by atoms with E-state index in [-0.39, 0.29) is 13.2 Å². The zero-order chi connectivity index (χ0) is 22.7. The maximum atomic E-state index is 13.0. The fourth-order valence-corrected chi connectivity index (χ4v) is 3.29. The van der Waals surface area contributed by atoms with Crippen molar-refractivity contribution in [3.63, 3.8) is 0 Å². The van der Waals surface area contributed by atoms with Crippen LogP contribution < -0.4 is 4.74 Å². The van der Waals surface area contributed by atoms with E-state index in [0.29, 0.717) is 25.7 Å². The van der Waals surface area contributed by atoms with Gasteiger partial charge >= 0.3 is 12.2 Å². The van der Waals surface area contributed by atoms with Crippen LogP contribution in [0, 0.1) is 0 Å². The third-order valence-corrected chi connectivity index (χ3v) is 5.67. The van der Waals surface area contributed by atoms with Gasteiger partial charge < -0.3 is 14.2 Å². The van der Waals surface area contributed by atoms with Crippen LogP contribution in [0.3, 0.4) is 0 Å². The molecule has 6 nitrogen and oxygen atoms in total. The number of amides is 2. The van der Waals surface area contributed by atoms with Gasteiger partial charge in [0.25, 0.3) is 0 Å². The second-order valence-corrected chi connectivity index (χ2v) is 7.40. The van der Waals surface area contributed by atoms with E-state index in [1.807, 2.05) is 63.2 Å². The van der Waals surface area contributed by atoms with E-state index in [9.17, 15) is 9.59 Å². The largest absolute Gasteiger partial charge is 0.497 e. The van der Waals surface area contributed by atoms with Crippen molar-refractivity contribution in [2.75, 3.05) is 13.7 Å². The Bertz CT molecular complexity index is 807. The Morgan fingerprint density at radius 3 is 2.00 bits per heavy atom. The molecule has 2 rings (SSSR count). The number of imide groups is 1. The van der Waals surface area contributed by atoms with Crippen LogP contribution in [-0.4, -0.2) is 36.3 Å². The van der Waals surface area contributed by atoms with Crippen molar-refractivity contribution in [2.45, 2.75) is 58.7 Å². The molecule has 0 aliphatic rings. The van der Waals surface area contributed by atoms with Gasteiger partial charge in [0.1, 0.15) is 18.0 Å². The first-order valence-electron chi connectivity index (χ1n) is 10.8. The van der Waals surface area contributed by atoms with Gasteiger partial charge in [-0.25, -0.2) is 14.5 Å². The summed E-state index contributed by atoms with van der Waals surface area (Å²) in [6, 6.07) is 16.9. The van der Waals surface area contributed by atoms with Crippen LogP contribution in [0.2, 0.25) is 0 Å². The van der Waals surface area contributed by atoms with Gasteiger partial charge in [-0.15, -0.1) is 0 Å². The first-order chi connectivity index (χ1) is 15.0. The minimum atomic E-state index is -0.714. The highest BCUT2D eigenvalue weighted by Crippen LogP contribution is 2.26. The maximum absolute atomic E-state index is 13.0. The molecule has 2 aromatic rings. The molecule has 0 fully saturated rings. The molecule has 0 bridgehead atoms. The highest BCUT2D eigenvalue weighted by Gasteiger charge is 2.33. The van der Waals surface area contributed by atoms with Crippen molar-refractivity contribution >= 4 is 12.2 Å². The number of ether oxygens (including phenoxy) is 3. The number of rotatable bonds is 10. The predicted molar refractivity (Wildman–Crippen MR) is 120 cm³/mol. The standard InChI is InChI=1S/C25H33NO5/c1-5-25(6-2,7-3)31-24(28)26(18-17-20-11-9-8-10-12-20)23(27)30-19-21-13-15-22(29-4)16-14-21/h8-16H,5-7,17-19H2,1-4H3. The van der Waals surface area contributed by atoms with E-state index in [1.54, 1.807) is 19.2 Å². The summed E-state index contributed by atoms with van der Waals surface area (Å²) in [7, 11) is 1.59. The molecule has 0 atom stereocenters. The van der Waals surface area contributed by atoms with Crippen molar-refractivity contribution in [3.8, 4) is 5.75 Å². The zero-order valence-corrected chi connectivity index (χ0v) is 18.9. The highest BCUT2D eigenvalue weighted by molar-refractivity contribution is 5.88. The molecular weight excluding hydrogens is 394 g/mol. The van der Waals surface area contributed by atoms with Gasteiger partial charge in [0, 0.05) is 6.54 Å². The summed E-state index contributed by atoms with van der Waals surface area (Å²) in [6.45, 7) is 6.18. The maximum Gasteiger partial charge on any atom is 0.419 e. The molecule has 0 heterocycles. The monoisotopic (exact) mass is 427 g/mol. The van der Waals surface area contributed by atoms with Crippen molar-refractivity contribution in [1.82, 2.24) is 4.90 Å². The van der Waals surface area contributed by atoms with Crippen molar-refractivity contribution in [1.29, 1.82) is 0 Å². The van der Waals surface area contributed by atoms with Crippen molar-refractivity contribution < 1.29 is 23.8 Å². The minimum Gasteiger partial charge on any atom is -0.497 e. The highest BCUT2D eigenvalue weighted by atomic mass is 16.6. The van der Waals surface area contributed by atoms with E-state index in [4.69, 9.17) is 14.2 Å². The van der Waals surface area contributed by atoms with Gasteiger partial charge in [0.15, 0.2) is 0 Å². The quantitative estimate of drug-likeness (QED) is 0.466. The Morgan fingerprint density at radius 1 is 0.839 bits per heavy atom. The summed E-state index contributed by atoms with van der Waals surface area (Å²) in [5.74, 6) is 0.721. The Labute approximate surface area is 185 Å². The smallest absolute Gasteiger partial charge is 0.419 e. The number of nitrogens with zero attached hydrogens (tertiary/aromatic N) is 1. The molecular formula is C25H33NO5. The molecule has 6 heteroatoms. The molecule has 0 spiro atoms. The topological polar surface area (TPSA) is 65.1 Å². The molecule has 0 aliphatic heterocycles. The first-order valence-corrected chi connectivity index (χ1v) is 10.8. The Morgan fingerprint density at radius 2 is 1.45 bits per heavy atom. The lowest BCUT2D eigenvalue weighted by Crippen LogP contribution is -2.44. The fraction of sp³-hybridized carbons (Fsp3) is 0.440. The van der Waals surface area contributed by atoms with Crippen LogP contribution in [0.5, 0.6) is 5.75 Å². The lowest BCUT2D eigenvalue weighted by Gasteiger charge is -2.32. The van der Waals surface area contributed by atoms with Crippen molar-refractivity contribution in [2.24, 2.45) is 0 Å². The SMILES string of the molecule is CCC(CC)(CC)OC(=O)N(CCc1ccccc1)C(=O)OCc1ccc(OC)cc1. The number of hydrogen-bond donors (Lipinski definition) is 0. The molecule has 0 aromatic heterocycles. The molecule has 0 saturated heterocycles. The average molecular weight is 428 g/mol. The van der Waals surface area contributed by atoms with Gasteiger partial charge in [0.2, 0.25) is 0 Å². The summed E-state index contributed by atoms with van der Waals surface area (Å²) in [4.78, 5) is 26.9. The van der Waals surface area contributed by atoms with E-state index in [0.717, 1.165) is 21.8 Å². The molecule has 0 saturated carbocycles. The van der Waals surface area contributed by atoms with E-state index < -0.39 is 17.8 Å². The minimum absolute atomic E-state index is 0.0540. The summed E-state index contributed by atoms with van der Waals surface area (Å²) in [5, 5.41) is 0. The predicted octanol–water partition coefficient (Wildman–Crippen LogP) is 5.98. The zero-order valence-electron chi connectivity index (χ0n) is 18.9. The number of methoxy groups -OCH3 is 1. The van der Waals surface area contributed by atoms with Gasteiger partial charge in [0.05, 0.1) is 7.11 Å². The van der Waals surface area contributed by atoms with E-state index in [2.05, 4.69) is 0 Å². The van der Waals surface area contributed by atoms with E-state index >= 15 is 0 Å². The third kappa shape index (κ3) is 7.02. The van der Waals surface area contributed by atoms with Crippen LogP contribution in [-0.2, 0) is 22.5 Å². The average Bonchev–Trinajstić information content (AvgIpc) is 2.82. The first kappa shape index (κ1) is 24.3. The van der Waals surface area contributed by atoms with Gasteiger partial charge in [-0.2, -0.15) is 0 Å². The third-order valence-electron chi connectivity index (χ3n) is 5.67. The number of carbonyl (C=O) groups excluding carboxylic acids is 2. The molecule has 2 amide bonds. The number of benzene rings is 2. The van der Waals surface area contributed by atoms with E-state index in [1.165, 1.54) is 0 Å². The molecule has 0 unspecified atom stereocenters. The normalized spacial score (nSPS) is 11.0. The Balaban J connectivity index is 2.10. The van der Waals surface area contributed by atoms with Crippen LogP contribution in [0.25, 0.3) is 0 Å². The summed E-state index contributed by atoms with van der Waals surface area (Å²) < 4.78 is 16.4. The number of carbonyl (C=O) groups is 2. The van der Waals surface area contributed by atoms with Crippen LogP contribution in [0.15, 0.2) is 54.6 Å². The molecule has 168 valence electrons. The molecule has 0 N–H and O–H groups in total. The molecule has 2 aromatic carbocycles. The number of hydrogen-bond acceptors (Lipinski definition) is 5. The van der Waals surface area contributed by atoms with Crippen LogP contribution >= 0.6 is 0 Å². The van der Waals surface area contributed by atoms with Crippen LogP contribution in [0.4, 0.5) is 9.59 Å². The summed E-state index contributed by atoms with van der Waals surface area (Å²) in [5.41, 5.74) is 1.24. The lowest BCUT2D eigenvalue weighted by molar-refractivity contribution is -0.0180. The summed E-state index contributed by atoms with van der Waals surface area (Å²) in [6.07, 6.45) is 1.18. The Kier molecular flexibility index (Phi) is 9.38.